The standard InChI is InChI=1S/C30H20.C19H21N/c1-2-9-21(10-3-1)22-11-8-12-23(19-22)24-17-18-29-27-15-5-4-13-25(27)26-14-6-7-16-28(26)30(29)20-24;1-4-6-16(7-5-2)18-12-15(3)13-19(14-18)17-8-10-20-11-9-17/h1-20H;4-10,12-14,20H,1,11H2,2-3H3/b;7-5-,16-6+. The molecular formula is C49H41N. The molecule has 50 heavy (non-hydrogen) atoms. The van der Waals surface area contributed by atoms with Crippen LogP contribution in [0, 0.1) is 6.92 Å². The fraction of sp³-hybridized carbons (Fsp3) is 0.0612. The van der Waals surface area contributed by atoms with E-state index in [2.05, 4.69) is 183 Å². The number of nitrogens with one attached hydrogen (secondary N) is 1. The van der Waals surface area contributed by atoms with Crippen molar-refractivity contribution in [2.75, 3.05) is 6.54 Å². The molecule has 1 N–H and O–H groups in total. The molecule has 7 aromatic carbocycles. The molecule has 1 nitrogen and oxygen atoms in total. The van der Waals surface area contributed by atoms with Gasteiger partial charge >= 0.3 is 0 Å². The van der Waals surface area contributed by atoms with E-state index in [-0.39, 0.29) is 0 Å². The summed E-state index contributed by atoms with van der Waals surface area (Å²) in [6.45, 7) is 8.86. The molecule has 0 saturated carbocycles. The predicted octanol–water partition coefficient (Wildman–Crippen LogP) is 13.1. The highest BCUT2D eigenvalue weighted by Gasteiger charge is 2.10. The molecule has 0 radical (unpaired) electrons. The van der Waals surface area contributed by atoms with Gasteiger partial charge in [0.2, 0.25) is 0 Å². The maximum atomic E-state index is 3.80. The number of fused-ring (bicyclic) bond motifs is 6. The van der Waals surface area contributed by atoms with Crippen LogP contribution in [0.4, 0.5) is 0 Å². The van der Waals surface area contributed by atoms with E-state index in [9.17, 15) is 0 Å². The first-order valence-corrected chi connectivity index (χ1v) is 17.3. The molecule has 7 aromatic rings. The summed E-state index contributed by atoms with van der Waals surface area (Å²) in [4.78, 5) is 0. The zero-order chi connectivity index (χ0) is 34.3. The molecule has 0 aliphatic carbocycles. The van der Waals surface area contributed by atoms with Crippen molar-refractivity contribution in [3.05, 3.63) is 205 Å². The van der Waals surface area contributed by atoms with Crippen molar-refractivity contribution in [1.29, 1.82) is 0 Å². The van der Waals surface area contributed by atoms with Gasteiger partial charge in [0.1, 0.15) is 0 Å². The Morgan fingerprint density at radius 1 is 0.580 bits per heavy atom. The second-order valence-corrected chi connectivity index (χ2v) is 12.6. The Balaban J connectivity index is 0.000000171. The molecule has 0 fully saturated rings. The SMILES string of the molecule is C=C/C=C(\C=C/C)c1cc(C)cc(C2=CCNC=C2)c1.c1ccc(-c2cccc(-c3ccc4c5ccccc5c5ccccc5c4c3)c2)cc1. The summed E-state index contributed by atoms with van der Waals surface area (Å²) in [5.41, 5.74) is 11.2. The Labute approximate surface area is 295 Å². The van der Waals surface area contributed by atoms with Crippen LogP contribution < -0.4 is 5.32 Å². The Kier molecular flexibility index (Phi) is 9.67. The van der Waals surface area contributed by atoms with Crippen LogP contribution in [0.25, 0.3) is 65.7 Å². The molecule has 0 unspecified atom stereocenters. The lowest BCUT2D eigenvalue weighted by Crippen LogP contribution is -2.08. The Morgan fingerprint density at radius 2 is 1.18 bits per heavy atom. The third kappa shape index (κ3) is 6.86. The van der Waals surface area contributed by atoms with Crippen LogP contribution in [-0.4, -0.2) is 6.54 Å². The Morgan fingerprint density at radius 3 is 1.82 bits per heavy atom. The van der Waals surface area contributed by atoms with Gasteiger partial charge in [-0.15, -0.1) is 0 Å². The molecule has 0 saturated heterocycles. The fourth-order valence-corrected chi connectivity index (χ4v) is 6.93. The van der Waals surface area contributed by atoms with Gasteiger partial charge in [-0.05, 0) is 127 Å². The predicted molar refractivity (Wildman–Crippen MR) is 219 cm³/mol. The molecule has 0 aromatic heterocycles. The van der Waals surface area contributed by atoms with E-state index in [0.717, 1.165) is 6.54 Å². The summed E-state index contributed by atoms with van der Waals surface area (Å²) in [5, 5.41) is 11.1. The Bertz CT molecular complexity index is 2420. The second-order valence-electron chi connectivity index (χ2n) is 12.6. The molecule has 1 aliphatic heterocycles. The van der Waals surface area contributed by atoms with Gasteiger partial charge in [0.25, 0.3) is 0 Å². The zero-order valence-electron chi connectivity index (χ0n) is 28.7. The van der Waals surface area contributed by atoms with Crippen LogP contribution in [-0.2, 0) is 0 Å². The molecule has 0 spiro atoms. The van der Waals surface area contributed by atoms with Crippen LogP contribution in [0.5, 0.6) is 0 Å². The first-order valence-electron chi connectivity index (χ1n) is 17.3. The van der Waals surface area contributed by atoms with E-state index in [1.54, 1.807) is 0 Å². The van der Waals surface area contributed by atoms with E-state index >= 15 is 0 Å². The van der Waals surface area contributed by atoms with E-state index < -0.39 is 0 Å². The van der Waals surface area contributed by atoms with Gasteiger partial charge in [-0.2, -0.15) is 0 Å². The molecule has 0 atom stereocenters. The number of aryl methyl sites for hydroxylation is 1. The van der Waals surface area contributed by atoms with Crippen LogP contribution in [0.15, 0.2) is 189 Å². The number of dihydropyridines is 1. The van der Waals surface area contributed by atoms with Crippen LogP contribution in [0.3, 0.4) is 0 Å². The summed E-state index contributed by atoms with van der Waals surface area (Å²) in [5.74, 6) is 0. The van der Waals surface area contributed by atoms with Crippen molar-refractivity contribution >= 4 is 43.5 Å². The van der Waals surface area contributed by atoms with Crippen LogP contribution >= 0.6 is 0 Å². The molecule has 242 valence electrons. The number of benzene rings is 7. The normalized spacial score (nSPS) is 12.8. The highest BCUT2D eigenvalue weighted by Crippen LogP contribution is 2.37. The van der Waals surface area contributed by atoms with Crippen molar-refractivity contribution in [3.8, 4) is 22.3 Å². The molecule has 8 rings (SSSR count). The third-order valence-electron chi connectivity index (χ3n) is 9.26. The van der Waals surface area contributed by atoms with Gasteiger partial charge in [-0.25, -0.2) is 0 Å². The smallest absolute Gasteiger partial charge is 0.0334 e. The molecule has 1 aliphatic rings. The van der Waals surface area contributed by atoms with Gasteiger partial charge in [0.05, 0.1) is 0 Å². The monoisotopic (exact) mass is 643 g/mol. The zero-order valence-corrected chi connectivity index (χ0v) is 28.7. The topological polar surface area (TPSA) is 12.0 Å². The van der Waals surface area contributed by atoms with Crippen molar-refractivity contribution in [2.45, 2.75) is 13.8 Å². The van der Waals surface area contributed by atoms with Gasteiger partial charge in [-0.3, -0.25) is 0 Å². The van der Waals surface area contributed by atoms with Crippen molar-refractivity contribution in [1.82, 2.24) is 5.32 Å². The third-order valence-corrected chi connectivity index (χ3v) is 9.26. The number of hydrogen-bond donors (Lipinski definition) is 1. The molecule has 1 heteroatoms. The van der Waals surface area contributed by atoms with Crippen LogP contribution in [0.2, 0.25) is 0 Å². The fourth-order valence-electron chi connectivity index (χ4n) is 6.93. The van der Waals surface area contributed by atoms with Gasteiger partial charge in [0, 0.05) is 6.54 Å². The van der Waals surface area contributed by atoms with E-state index in [1.807, 2.05) is 25.3 Å². The largest absolute Gasteiger partial charge is 0.387 e. The molecule has 1 heterocycles. The average molecular weight is 644 g/mol. The maximum Gasteiger partial charge on any atom is 0.0334 e. The lowest BCUT2D eigenvalue weighted by Gasteiger charge is -2.12. The average Bonchev–Trinajstić information content (AvgIpc) is 3.18. The Hall–Kier alpha value is -6.18. The molecule has 0 amide bonds. The van der Waals surface area contributed by atoms with Gasteiger partial charge in [-0.1, -0.05) is 158 Å². The summed E-state index contributed by atoms with van der Waals surface area (Å²) < 4.78 is 0. The summed E-state index contributed by atoms with van der Waals surface area (Å²) in [7, 11) is 0. The maximum absolute atomic E-state index is 3.80. The summed E-state index contributed by atoms with van der Waals surface area (Å²) >= 11 is 0. The first kappa shape index (κ1) is 32.4. The minimum Gasteiger partial charge on any atom is -0.387 e. The van der Waals surface area contributed by atoms with Crippen molar-refractivity contribution < 1.29 is 0 Å². The highest BCUT2D eigenvalue weighted by molar-refractivity contribution is 6.25. The van der Waals surface area contributed by atoms with Gasteiger partial charge < -0.3 is 5.32 Å². The first-order chi connectivity index (χ1) is 24.6. The lowest BCUT2D eigenvalue weighted by atomic mass is 9.91. The highest BCUT2D eigenvalue weighted by atomic mass is 14.8. The van der Waals surface area contributed by atoms with Crippen molar-refractivity contribution in [2.24, 2.45) is 0 Å². The number of rotatable bonds is 6. The minimum absolute atomic E-state index is 0.888. The quantitative estimate of drug-likeness (QED) is 0.140. The molecule has 0 bridgehead atoms. The second kappa shape index (κ2) is 14.9. The van der Waals surface area contributed by atoms with E-state index in [4.69, 9.17) is 0 Å². The van der Waals surface area contributed by atoms with Crippen LogP contribution in [0.1, 0.15) is 23.6 Å². The number of allylic oxidation sites excluding steroid dienone is 7. The van der Waals surface area contributed by atoms with E-state index in [0.29, 0.717) is 0 Å². The summed E-state index contributed by atoms with van der Waals surface area (Å²) in [6.07, 6.45) is 14.4. The molecular weight excluding hydrogens is 603 g/mol. The minimum atomic E-state index is 0.888. The summed E-state index contributed by atoms with van der Waals surface area (Å²) in [6, 6.07) is 50.5. The van der Waals surface area contributed by atoms with Gasteiger partial charge in [0.15, 0.2) is 0 Å². The lowest BCUT2D eigenvalue weighted by molar-refractivity contribution is 0.975. The number of hydrogen-bond acceptors (Lipinski definition) is 1. The van der Waals surface area contributed by atoms with E-state index in [1.165, 1.54) is 82.4 Å². The van der Waals surface area contributed by atoms with Crippen molar-refractivity contribution in [3.63, 3.8) is 0 Å².